The van der Waals surface area contributed by atoms with E-state index >= 15 is 0 Å². The van der Waals surface area contributed by atoms with Gasteiger partial charge in [0.15, 0.2) is 5.82 Å². The van der Waals surface area contributed by atoms with Gasteiger partial charge in [-0.05, 0) is 19.1 Å². The lowest BCUT2D eigenvalue weighted by atomic mass is 10.2. The van der Waals surface area contributed by atoms with Crippen molar-refractivity contribution in [2.24, 2.45) is 0 Å². The number of sulfonamides is 1. The summed E-state index contributed by atoms with van der Waals surface area (Å²) >= 11 is 0. The fourth-order valence-corrected chi connectivity index (χ4v) is 2.42. The molecule has 1 aromatic rings. The molecular formula is C9H11FN2O5S. The molecule has 0 aliphatic rings. The van der Waals surface area contributed by atoms with Crippen LogP contribution < -0.4 is 4.72 Å². The van der Waals surface area contributed by atoms with Crippen molar-refractivity contribution in [3.63, 3.8) is 0 Å². The van der Waals surface area contributed by atoms with Gasteiger partial charge in [0.1, 0.15) is 6.04 Å². The number of hydrogen-bond donors (Lipinski definition) is 3. The van der Waals surface area contributed by atoms with Gasteiger partial charge in [0.05, 0.1) is 6.10 Å². The average Bonchev–Trinajstić information content (AvgIpc) is 2.25. The smallest absolute Gasteiger partial charge is 0.324 e. The van der Waals surface area contributed by atoms with Crippen molar-refractivity contribution in [2.75, 3.05) is 0 Å². The first kappa shape index (κ1) is 14.5. The van der Waals surface area contributed by atoms with Gasteiger partial charge < -0.3 is 10.2 Å². The molecule has 0 fully saturated rings. The molecule has 0 unspecified atom stereocenters. The zero-order valence-corrected chi connectivity index (χ0v) is 10.1. The van der Waals surface area contributed by atoms with Crippen LogP contribution in [0.4, 0.5) is 4.39 Å². The van der Waals surface area contributed by atoms with Crippen molar-refractivity contribution >= 4 is 16.0 Å². The van der Waals surface area contributed by atoms with Crippen molar-refractivity contribution in [3.8, 4) is 0 Å². The van der Waals surface area contributed by atoms with E-state index in [2.05, 4.69) is 4.98 Å². The summed E-state index contributed by atoms with van der Waals surface area (Å²) in [6, 6.07) is 0.286. The lowest BCUT2D eigenvalue weighted by Crippen LogP contribution is -2.47. The maximum atomic E-state index is 13.2. The molecule has 1 rings (SSSR count). The third-order valence-corrected chi connectivity index (χ3v) is 3.38. The first-order chi connectivity index (χ1) is 8.25. The van der Waals surface area contributed by atoms with E-state index in [4.69, 9.17) is 10.2 Å². The Morgan fingerprint density at radius 1 is 1.56 bits per heavy atom. The van der Waals surface area contributed by atoms with Gasteiger partial charge in [-0.1, -0.05) is 0 Å². The molecule has 0 aromatic carbocycles. The van der Waals surface area contributed by atoms with Gasteiger partial charge >= 0.3 is 5.97 Å². The molecule has 7 nitrogen and oxygen atoms in total. The number of halogens is 1. The number of rotatable bonds is 5. The summed E-state index contributed by atoms with van der Waals surface area (Å²) in [6.45, 7) is 1.09. The summed E-state index contributed by atoms with van der Waals surface area (Å²) in [5, 5.41) is 16.9. The van der Waals surface area contributed by atoms with Gasteiger partial charge in [0.2, 0.25) is 5.03 Å². The highest BCUT2D eigenvalue weighted by Crippen LogP contribution is 2.11. The van der Waals surface area contributed by atoms with Crippen molar-refractivity contribution in [1.29, 1.82) is 0 Å². The SMILES string of the molecule is C[C@@H](O)[C@H](NS(=O)(=O)c1ncccc1F)C(=O)O. The van der Waals surface area contributed by atoms with E-state index in [-0.39, 0.29) is 0 Å². The van der Waals surface area contributed by atoms with Gasteiger partial charge in [0, 0.05) is 6.20 Å². The Balaban J connectivity index is 3.09. The molecule has 0 bridgehead atoms. The highest BCUT2D eigenvalue weighted by molar-refractivity contribution is 7.89. The Hall–Kier alpha value is -1.58. The number of nitrogens with one attached hydrogen (secondary N) is 1. The minimum atomic E-state index is -4.46. The summed E-state index contributed by atoms with van der Waals surface area (Å²) < 4.78 is 38.3. The number of aliphatic carboxylic acids is 1. The van der Waals surface area contributed by atoms with E-state index in [1.54, 1.807) is 4.72 Å². The number of nitrogens with zero attached hydrogens (tertiary/aromatic N) is 1. The molecule has 100 valence electrons. The highest BCUT2D eigenvalue weighted by Gasteiger charge is 2.31. The first-order valence-corrected chi connectivity index (χ1v) is 6.27. The fourth-order valence-electron chi connectivity index (χ4n) is 1.15. The maximum Gasteiger partial charge on any atom is 0.324 e. The van der Waals surface area contributed by atoms with Crippen LogP contribution in [0.5, 0.6) is 0 Å². The van der Waals surface area contributed by atoms with Crippen molar-refractivity contribution in [2.45, 2.75) is 24.1 Å². The minimum Gasteiger partial charge on any atom is -0.480 e. The third-order valence-electron chi connectivity index (χ3n) is 2.01. The van der Waals surface area contributed by atoms with Crippen LogP contribution in [0, 0.1) is 5.82 Å². The van der Waals surface area contributed by atoms with Crippen LogP contribution in [0.1, 0.15) is 6.92 Å². The van der Waals surface area contributed by atoms with Crippen molar-refractivity contribution in [3.05, 3.63) is 24.1 Å². The zero-order valence-electron chi connectivity index (χ0n) is 9.24. The molecule has 0 amide bonds. The lowest BCUT2D eigenvalue weighted by Gasteiger charge is -2.16. The molecule has 18 heavy (non-hydrogen) atoms. The molecule has 0 spiro atoms. The summed E-state index contributed by atoms with van der Waals surface area (Å²) in [5.74, 6) is -2.69. The molecule has 1 aromatic heterocycles. The van der Waals surface area contributed by atoms with E-state index in [1.165, 1.54) is 6.07 Å². The van der Waals surface area contributed by atoms with Crippen LogP contribution >= 0.6 is 0 Å². The number of carbonyl (C=O) groups is 1. The number of aromatic nitrogens is 1. The van der Waals surface area contributed by atoms with E-state index in [9.17, 15) is 17.6 Å². The molecule has 3 N–H and O–H groups in total. The molecular weight excluding hydrogens is 267 g/mol. The maximum absolute atomic E-state index is 13.2. The normalized spacial score (nSPS) is 15.1. The summed E-state index contributed by atoms with van der Waals surface area (Å²) in [5.41, 5.74) is 0. The van der Waals surface area contributed by atoms with Crippen LogP contribution in [-0.4, -0.2) is 41.7 Å². The van der Waals surface area contributed by atoms with Gasteiger partial charge in [-0.15, -0.1) is 0 Å². The molecule has 0 radical (unpaired) electrons. The Kier molecular flexibility index (Phi) is 4.33. The Morgan fingerprint density at radius 3 is 2.61 bits per heavy atom. The second kappa shape index (κ2) is 5.38. The molecule has 1 heterocycles. The molecule has 0 saturated heterocycles. The second-order valence-electron chi connectivity index (χ2n) is 3.47. The van der Waals surface area contributed by atoms with Crippen molar-refractivity contribution < 1.29 is 27.8 Å². The Morgan fingerprint density at radius 2 is 2.17 bits per heavy atom. The predicted molar refractivity (Wildman–Crippen MR) is 57.6 cm³/mol. The minimum absolute atomic E-state index is 0.875. The number of aliphatic hydroxyl groups excluding tert-OH is 1. The van der Waals surface area contributed by atoms with Crippen LogP contribution in [-0.2, 0) is 14.8 Å². The number of aliphatic hydroxyl groups is 1. The fraction of sp³-hybridized carbons (Fsp3) is 0.333. The average molecular weight is 278 g/mol. The standard InChI is InChI=1S/C9H11FN2O5S/c1-5(13)7(9(14)15)12-18(16,17)8-6(10)3-2-4-11-8/h2-5,7,12-13H,1H3,(H,14,15)/t5-,7+/m1/s1. The number of hydrogen-bond acceptors (Lipinski definition) is 5. The topological polar surface area (TPSA) is 117 Å². The van der Waals surface area contributed by atoms with Gasteiger partial charge in [0.25, 0.3) is 10.0 Å². The molecule has 2 atom stereocenters. The summed E-state index contributed by atoms with van der Waals surface area (Å²) in [7, 11) is -4.46. The van der Waals surface area contributed by atoms with E-state index in [0.717, 1.165) is 19.2 Å². The van der Waals surface area contributed by atoms with Gasteiger partial charge in [-0.25, -0.2) is 17.8 Å². The van der Waals surface area contributed by atoms with Crippen molar-refractivity contribution in [1.82, 2.24) is 9.71 Å². The monoisotopic (exact) mass is 278 g/mol. The Labute approximate surface area is 102 Å². The number of pyridine rings is 1. The Bertz CT molecular complexity index is 546. The highest BCUT2D eigenvalue weighted by atomic mass is 32.2. The summed E-state index contributed by atoms with van der Waals surface area (Å²) in [6.07, 6.45) is -0.431. The van der Waals surface area contributed by atoms with Gasteiger partial charge in [-0.3, -0.25) is 4.79 Å². The molecule has 0 saturated carbocycles. The van der Waals surface area contributed by atoms with Crippen LogP contribution in [0.2, 0.25) is 0 Å². The zero-order chi connectivity index (χ0) is 13.9. The van der Waals surface area contributed by atoms with Crippen LogP contribution in [0.25, 0.3) is 0 Å². The second-order valence-corrected chi connectivity index (χ2v) is 5.10. The first-order valence-electron chi connectivity index (χ1n) is 4.79. The lowest BCUT2D eigenvalue weighted by molar-refractivity contribution is -0.141. The van der Waals surface area contributed by atoms with E-state index in [1.807, 2.05) is 0 Å². The number of carboxylic acid groups (broad SMARTS) is 1. The van der Waals surface area contributed by atoms with Crippen LogP contribution in [0.15, 0.2) is 23.4 Å². The van der Waals surface area contributed by atoms with E-state index < -0.39 is 39.0 Å². The van der Waals surface area contributed by atoms with Gasteiger partial charge in [-0.2, -0.15) is 4.72 Å². The summed E-state index contributed by atoms with van der Waals surface area (Å²) in [4.78, 5) is 14.1. The predicted octanol–water partition coefficient (Wildman–Crippen LogP) is -0.667. The molecule has 0 aliphatic carbocycles. The van der Waals surface area contributed by atoms with Crippen LogP contribution in [0.3, 0.4) is 0 Å². The molecule has 0 aliphatic heterocycles. The largest absolute Gasteiger partial charge is 0.480 e. The molecule has 9 heteroatoms. The van der Waals surface area contributed by atoms with E-state index in [0.29, 0.717) is 0 Å². The number of carboxylic acids is 1. The third kappa shape index (κ3) is 3.22. The quantitative estimate of drug-likeness (QED) is 0.658.